The van der Waals surface area contributed by atoms with Crippen LogP contribution in [0.4, 0.5) is 4.79 Å². The van der Waals surface area contributed by atoms with Gasteiger partial charge in [-0.1, -0.05) is 17.7 Å². The second-order valence-corrected chi connectivity index (χ2v) is 10.0. The maximum atomic E-state index is 12.3. The number of ether oxygens (including phenoxy) is 1. The molecule has 0 unspecified atom stereocenters. The molecular weight excluding hydrogens is 452 g/mol. The number of carbonyl (C=O) groups is 1. The smallest absolute Gasteiger partial charge is 0.410 e. The normalized spacial score (nSPS) is 15.1. The predicted molar refractivity (Wildman–Crippen MR) is 131 cm³/mol. The van der Waals surface area contributed by atoms with Gasteiger partial charge in [0.25, 0.3) is 0 Å². The molecule has 0 aliphatic carbocycles. The molecule has 34 heavy (non-hydrogen) atoms. The number of carbonyl (C=O) groups excluding carboxylic acids is 1. The van der Waals surface area contributed by atoms with Gasteiger partial charge < -0.3 is 9.64 Å². The van der Waals surface area contributed by atoms with Crippen molar-refractivity contribution in [3.8, 4) is 17.1 Å². The summed E-state index contributed by atoms with van der Waals surface area (Å²) in [5, 5.41) is 6.33. The lowest BCUT2D eigenvalue weighted by atomic mass is 10.1. The van der Waals surface area contributed by atoms with E-state index in [4.69, 9.17) is 16.3 Å². The van der Waals surface area contributed by atoms with Gasteiger partial charge in [0.2, 0.25) is 5.95 Å². The largest absolute Gasteiger partial charge is 0.444 e. The molecule has 0 bridgehead atoms. The van der Waals surface area contributed by atoms with Gasteiger partial charge in [-0.15, -0.1) is 0 Å². The van der Waals surface area contributed by atoms with Crippen molar-refractivity contribution < 1.29 is 9.53 Å². The van der Waals surface area contributed by atoms with E-state index in [0.717, 1.165) is 34.9 Å². The van der Waals surface area contributed by atoms with Crippen molar-refractivity contribution in [2.24, 2.45) is 0 Å². The first-order valence-electron chi connectivity index (χ1n) is 11.4. The minimum Gasteiger partial charge on any atom is -0.444 e. The van der Waals surface area contributed by atoms with Crippen molar-refractivity contribution in [2.45, 2.75) is 45.3 Å². The third-order valence-electron chi connectivity index (χ3n) is 5.93. The molecule has 0 radical (unpaired) electrons. The fourth-order valence-corrected chi connectivity index (χ4v) is 4.36. The maximum absolute atomic E-state index is 12.3. The minimum atomic E-state index is -0.482. The summed E-state index contributed by atoms with van der Waals surface area (Å²) in [6.45, 7) is 6.96. The number of hydrogen-bond acceptors (Lipinski definition) is 5. The fraction of sp³-hybridized carbons (Fsp3) is 0.360. The van der Waals surface area contributed by atoms with Crippen LogP contribution in [0.2, 0.25) is 5.02 Å². The van der Waals surface area contributed by atoms with Crippen LogP contribution in [-0.4, -0.2) is 54.0 Å². The Morgan fingerprint density at radius 1 is 1.06 bits per heavy atom. The highest BCUT2D eigenvalue weighted by molar-refractivity contribution is 6.31. The Balaban J connectivity index is 1.26. The fourth-order valence-electron chi connectivity index (χ4n) is 4.20. The number of likely N-dealkylation sites (tertiary alicyclic amines) is 1. The lowest BCUT2D eigenvalue weighted by molar-refractivity contribution is 0.0185. The lowest BCUT2D eigenvalue weighted by Gasteiger charge is -2.33. The molecule has 1 amide bonds. The summed E-state index contributed by atoms with van der Waals surface area (Å²) in [5.41, 5.74) is 2.34. The predicted octanol–water partition coefficient (Wildman–Crippen LogP) is 5.51. The summed E-state index contributed by atoms with van der Waals surface area (Å²) in [7, 11) is 0. The van der Waals surface area contributed by atoms with E-state index in [9.17, 15) is 4.79 Å². The first kappa shape index (κ1) is 22.4. The number of fused-ring (bicyclic) bond motifs is 1. The zero-order valence-corrected chi connectivity index (χ0v) is 20.2. The summed E-state index contributed by atoms with van der Waals surface area (Å²) in [6, 6.07) is 8.02. The number of halogens is 1. The van der Waals surface area contributed by atoms with E-state index in [-0.39, 0.29) is 12.1 Å². The second-order valence-electron chi connectivity index (χ2n) is 9.57. The number of amides is 1. The van der Waals surface area contributed by atoms with Crippen LogP contribution in [-0.2, 0) is 4.74 Å². The first-order chi connectivity index (χ1) is 16.3. The first-order valence-corrected chi connectivity index (χ1v) is 11.8. The Bertz CT molecular complexity index is 1310. The Labute approximate surface area is 203 Å². The van der Waals surface area contributed by atoms with Crippen molar-refractivity contribution in [3.05, 3.63) is 60.3 Å². The number of benzene rings is 1. The number of piperidine rings is 1. The van der Waals surface area contributed by atoms with Crippen LogP contribution in [0, 0.1) is 0 Å². The van der Waals surface area contributed by atoms with Gasteiger partial charge in [-0.05, 0) is 51.8 Å². The van der Waals surface area contributed by atoms with E-state index < -0.39 is 5.60 Å². The Kier molecular flexibility index (Phi) is 5.77. The standard InChI is InChI=1S/C25H27ClN6O2/c1-25(2,3)34-24(33)30-9-7-21(8-10-30)32-16-19(15-29-32)18-13-27-23(28-14-18)31-11-6-17-4-5-20(26)12-22(17)31/h4-6,11-16,21H,7-10H2,1-3H3. The molecule has 1 aromatic carbocycles. The number of rotatable bonds is 3. The molecule has 0 N–H and O–H groups in total. The molecule has 0 atom stereocenters. The Hall–Kier alpha value is -3.39. The van der Waals surface area contributed by atoms with Gasteiger partial charge in [0.1, 0.15) is 5.60 Å². The number of hydrogen-bond donors (Lipinski definition) is 0. The van der Waals surface area contributed by atoms with Crippen LogP contribution in [0.3, 0.4) is 0 Å². The van der Waals surface area contributed by atoms with E-state index in [1.165, 1.54) is 0 Å². The molecule has 9 heteroatoms. The molecule has 0 spiro atoms. The van der Waals surface area contributed by atoms with E-state index >= 15 is 0 Å². The van der Waals surface area contributed by atoms with Crippen LogP contribution < -0.4 is 0 Å². The van der Waals surface area contributed by atoms with E-state index in [0.29, 0.717) is 24.1 Å². The van der Waals surface area contributed by atoms with Gasteiger partial charge in [0, 0.05) is 59.4 Å². The quantitative estimate of drug-likeness (QED) is 0.388. The minimum absolute atomic E-state index is 0.239. The van der Waals surface area contributed by atoms with Gasteiger partial charge in [-0.25, -0.2) is 14.8 Å². The summed E-state index contributed by atoms with van der Waals surface area (Å²) >= 11 is 6.17. The van der Waals surface area contributed by atoms with E-state index in [1.54, 1.807) is 4.90 Å². The zero-order valence-electron chi connectivity index (χ0n) is 19.5. The summed E-state index contributed by atoms with van der Waals surface area (Å²) in [4.78, 5) is 23.2. The molecule has 1 fully saturated rings. The Morgan fingerprint density at radius 3 is 2.50 bits per heavy atom. The molecule has 5 rings (SSSR count). The zero-order chi connectivity index (χ0) is 23.9. The van der Waals surface area contributed by atoms with Crippen molar-refractivity contribution >= 4 is 28.6 Å². The van der Waals surface area contributed by atoms with Crippen LogP contribution in [0.5, 0.6) is 0 Å². The third-order valence-corrected chi connectivity index (χ3v) is 6.17. The van der Waals surface area contributed by atoms with Crippen molar-refractivity contribution in [1.82, 2.24) is 29.2 Å². The molecule has 8 nitrogen and oxygen atoms in total. The highest BCUT2D eigenvalue weighted by Crippen LogP contribution is 2.27. The maximum Gasteiger partial charge on any atom is 0.410 e. The molecule has 4 aromatic rings. The monoisotopic (exact) mass is 478 g/mol. The van der Waals surface area contributed by atoms with Gasteiger partial charge in [0.15, 0.2) is 0 Å². The van der Waals surface area contributed by atoms with E-state index in [1.807, 2.05) is 85.3 Å². The third kappa shape index (κ3) is 4.63. The number of aromatic nitrogens is 5. The van der Waals surface area contributed by atoms with Crippen LogP contribution in [0.1, 0.15) is 39.7 Å². The number of nitrogens with zero attached hydrogens (tertiary/aromatic N) is 6. The summed E-state index contributed by atoms with van der Waals surface area (Å²) < 4.78 is 9.40. The van der Waals surface area contributed by atoms with Crippen molar-refractivity contribution in [1.29, 1.82) is 0 Å². The van der Waals surface area contributed by atoms with Gasteiger partial charge in [-0.3, -0.25) is 9.25 Å². The highest BCUT2D eigenvalue weighted by atomic mass is 35.5. The van der Waals surface area contributed by atoms with Crippen molar-refractivity contribution in [2.75, 3.05) is 13.1 Å². The molecular formula is C25H27ClN6O2. The molecule has 176 valence electrons. The summed E-state index contributed by atoms with van der Waals surface area (Å²) in [5.74, 6) is 0.586. The van der Waals surface area contributed by atoms with Gasteiger partial charge in [0.05, 0.1) is 17.8 Å². The molecule has 1 aliphatic rings. The molecule has 4 heterocycles. The average molecular weight is 479 g/mol. The van der Waals surface area contributed by atoms with Crippen LogP contribution in [0.15, 0.2) is 55.2 Å². The molecule has 1 aliphatic heterocycles. The lowest BCUT2D eigenvalue weighted by Crippen LogP contribution is -2.42. The summed E-state index contributed by atoms with van der Waals surface area (Å²) in [6.07, 6.45) is 10.8. The molecule has 0 saturated carbocycles. The molecule has 1 saturated heterocycles. The van der Waals surface area contributed by atoms with Crippen LogP contribution >= 0.6 is 11.6 Å². The van der Waals surface area contributed by atoms with E-state index in [2.05, 4.69) is 15.1 Å². The van der Waals surface area contributed by atoms with Gasteiger partial charge in [-0.2, -0.15) is 5.10 Å². The van der Waals surface area contributed by atoms with Crippen molar-refractivity contribution in [3.63, 3.8) is 0 Å². The molecule has 3 aromatic heterocycles. The van der Waals surface area contributed by atoms with Gasteiger partial charge >= 0.3 is 6.09 Å². The second kappa shape index (κ2) is 8.76. The topological polar surface area (TPSA) is 78.1 Å². The Morgan fingerprint density at radius 2 is 1.79 bits per heavy atom. The highest BCUT2D eigenvalue weighted by Gasteiger charge is 2.28. The average Bonchev–Trinajstić information content (AvgIpc) is 3.46. The van der Waals surface area contributed by atoms with Crippen LogP contribution in [0.25, 0.3) is 28.0 Å². The SMILES string of the molecule is CC(C)(C)OC(=O)N1CCC(n2cc(-c3cnc(-n4ccc5ccc(Cl)cc54)nc3)cn2)CC1.